The second kappa shape index (κ2) is 6.18. The number of aliphatic hydroxyl groups excluding tert-OH is 1. The van der Waals surface area contributed by atoms with E-state index in [0.717, 1.165) is 42.5 Å². The van der Waals surface area contributed by atoms with Gasteiger partial charge in [-0.15, -0.1) is 0 Å². The number of anilines is 1. The minimum atomic E-state index is -0.518. The van der Waals surface area contributed by atoms with Crippen molar-refractivity contribution in [2.75, 3.05) is 5.32 Å². The number of nitrogens with one attached hydrogen (secondary N) is 1. The van der Waals surface area contributed by atoms with E-state index in [9.17, 15) is 9.90 Å². The summed E-state index contributed by atoms with van der Waals surface area (Å²) < 4.78 is 0. The third kappa shape index (κ3) is 2.98. The number of fused-ring (bicyclic) bond motifs is 1. The minimum Gasteiger partial charge on any atom is -0.388 e. The van der Waals surface area contributed by atoms with Crippen LogP contribution in [0.5, 0.6) is 0 Å². The van der Waals surface area contributed by atoms with Crippen molar-refractivity contribution in [3.05, 3.63) is 29.3 Å². The zero-order chi connectivity index (χ0) is 15.6. The lowest BCUT2D eigenvalue weighted by molar-refractivity contribution is -0.119. The normalized spacial score (nSPS) is 19.0. The predicted molar refractivity (Wildman–Crippen MR) is 86.4 cm³/mol. The average molecular weight is 289 g/mol. The van der Waals surface area contributed by atoms with Crippen molar-refractivity contribution in [2.45, 2.75) is 64.9 Å². The lowest BCUT2D eigenvalue weighted by Gasteiger charge is -2.23. The van der Waals surface area contributed by atoms with E-state index in [1.807, 2.05) is 32.0 Å². The highest BCUT2D eigenvalue weighted by atomic mass is 16.3. The summed E-state index contributed by atoms with van der Waals surface area (Å²) in [5.74, 6) is 0.318. The number of rotatable bonds is 6. The molecule has 1 amide bonds. The molecule has 3 nitrogen and oxygen atoms in total. The molecule has 0 bridgehead atoms. The van der Waals surface area contributed by atoms with E-state index >= 15 is 0 Å². The second-order valence-electron chi connectivity index (χ2n) is 6.64. The SMILES string of the molecule is CCCCC(CC)C(O)c1ccc2c(c1)C(C)(C)C(=O)N2. The molecule has 1 aromatic carbocycles. The van der Waals surface area contributed by atoms with Crippen LogP contribution in [0, 0.1) is 5.92 Å². The van der Waals surface area contributed by atoms with E-state index in [-0.39, 0.29) is 11.8 Å². The van der Waals surface area contributed by atoms with Crippen LogP contribution in [0.2, 0.25) is 0 Å². The van der Waals surface area contributed by atoms with Crippen LogP contribution in [0.25, 0.3) is 0 Å². The van der Waals surface area contributed by atoms with Crippen molar-refractivity contribution in [2.24, 2.45) is 5.92 Å². The average Bonchev–Trinajstić information content (AvgIpc) is 2.69. The molecule has 1 aromatic rings. The fourth-order valence-corrected chi connectivity index (χ4v) is 3.10. The Kier molecular flexibility index (Phi) is 4.72. The van der Waals surface area contributed by atoms with Crippen LogP contribution in [-0.4, -0.2) is 11.0 Å². The van der Waals surface area contributed by atoms with Crippen molar-refractivity contribution < 1.29 is 9.90 Å². The van der Waals surface area contributed by atoms with Gasteiger partial charge in [-0.25, -0.2) is 0 Å². The highest BCUT2D eigenvalue weighted by molar-refractivity contribution is 6.05. The number of unbranched alkanes of at least 4 members (excludes halogenated alkanes) is 1. The molecule has 0 aliphatic carbocycles. The van der Waals surface area contributed by atoms with Crippen LogP contribution in [0.1, 0.15) is 70.6 Å². The molecule has 0 radical (unpaired) electrons. The Morgan fingerprint density at radius 2 is 2.00 bits per heavy atom. The zero-order valence-electron chi connectivity index (χ0n) is 13.6. The van der Waals surface area contributed by atoms with Gasteiger partial charge in [-0.1, -0.05) is 45.2 Å². The maximum absolute atomic E-state index is 12.0. The minimum absolute atomic E-state index is 0.0298. The Hall–Kier alpha value is -1.35. The molecule has 2 N–H and O–H groups in total. The Morgan fingerprint density at radius 1 is 1.29 bits per heavy atom. The van der Waals surface area contributed by atoms with Gasteiger partial charge in [-0.05, 0) is 43.4 Å². The van der Waals surface area contributed by atoms with Crippen molar-refractivity contribution in [3.8, 4) is 0 Å². The Bertz CT molecular complexity index is 522. The van der Waals surface area contributed by atoms with Crippen LogP contribution >= 0.6 is 0 Å². The number of benzene rings is 1. The molecule has 0 saturated heterocycles. The van der Waals surface area contributed by atoms with E-state index in [1.54, 1.807) is 0 Å². The summed E-state index contributed by atoms with van der Waals surface area (Å²) in [7, 11) is 0. The number of aliphatic hydroxyl groups is 1. The van der Waals surface area contributed by atoms with Crippen LogP contribution in [-0.2, 0) is 10.2 Å². The van der Waals surface area contributed by atoms with Gasteiger partial charge in [0.2, 0.25) is 5.91 Å². The standard InChI is InChI=1S/C18H27NO2/c1-5-7-8-12(6-2)16(20)13-9-10-15-14(11-13)18(3,4)17(21)19-15/h9-12,16,20H,5-8H2,1-4H3,(H,19,21). The highest BCUT2D eigenvalue weighted by Gasteiger charge is 2.38. The maximum Gasteiger partial charge on any atom is 0.234 e. The van der Waals surface area contributed by atoms with Crippen LogP contribution < -0.4 is 5.32 Å². The first-order valence-corrected chi connectivity index (χ1v) is 8.05. The quantitative estimate of drug-likeness (QED) is 0.826. The number of carbonyl (C=O) groups is 1. The lowest BCUT2D eigenvalue weighted by atomic mass is 9.83. The molecule has 0 fully saturated rings. The fraction of sp³-hybridized carbons (Fsp3) is 0.611. The first-order valence-electron chi connectivity index (χ1n) is 8.05. The molecule has 1 aliphatic heterocycles. The van der Waals surface area contributed by atoms with Crippen LogP contribution in [0.15, 0.2) is 18.2 Å². The van der Waals surface area contributed by atoms with Crippen molar-refractivity contribution in [1.29, 1.82) is 0 Å². The number of carbonyl (C=O) groups excluding carboxylic acids is 1. The van der Waals surface area contributed by atoms with Crippen LogP contribution in [0.3, 0.4) is 0 Å². The van der Waals surface area contributed by atoms with E-state index in [4.69, 9.17) is 0 Å². The molecule has 2 rings (SSSR count). The summed E-state index contributed by atoms with van der Waals surface area (Å²) in [5.41, 5.74) is 2.29. The summed E-state index contributed by atoms with van der Waals surface area (Å²) in [6.45, 7) is 8.16. The largest absolute Gasteiger partial charge is 0.388 e. The molecular weight excluding hydrogens is 262 g/mol. The molecule has 2 atom stereocenters. The first kappa shape index (κ1) is 16.0. The molecule has 21 heavy (non-hydrogen) atoms. The summed E-state index contributed by atoms with van der Waals surface area (Å²) >= 11 is 0. The van der Waals surface area contributed by atoms with Gasteiger partial charge in [-0.2, -0.15) is 0 Å². The van der Waals surface area contributed by atoms with Crippen molar-refractivity contribution in [1.82, 2.24) is 0 Å². The summed E-state index contributed by atoms with van der Waals surface area (Å²) in [6.07, 6.45) is 3.87. The summed E-state index contributed by atoms with van der Waals surface area (Å²) in [5, 5.41) is 13.6. The van der Waals surface area contributed by atoms with Gasteiger partial charge >= 0.3 is 0 Å². The third-order valence-electron chi connectivity index (χ3n) is 4.77. The first-order chi connectivity index (χ1) is 9.91. The summed E-state index contributed by atoms with van der Waals surface area (Å²) in [4.78, 5) is 12.0. The second-order valence-corrected chi connectivity index (χ2v) is 6.64. The van der Waals surface area contributed by atoms with Gasteiger partial charge in [0.1, 0.15) is 0 Å². The Morgan fingerprint density at radius 3 is 2.62 bits per heavy atom. The van der Waals surface area contributed by atoms with Gasteiger partial charge in [0, 0.05) is 5.69 Å². The fourth-order valence-electron chi connectivity index (χ4n) is 3.10. The van der Waals surface area contributed by atoms with E-state index < -0.39 is 11.5 Å². The molecule has 1 aliphatic rings. The molecular formula is C18H27NO2. The van der Waals surface area contributed by atoms with Gasteiger partial charge < -0.3 is 10.4 Å². The number of hydrogen-bond donors (Lipinski definition) is 2. The third-order valence-corrected chi connectivity index (χ3v) is 4.77. The molecule has 0 aromatic heterocycles. The summed E-state index contributed by atoms with van der Waals surface area (Å²) in [6, 6.07) is 5.87. The van der Waals surface area contributed by atoms with Crippen molar-refractivity contribution >= 4 is 11.6 Å². The Balaban J connectivity index is 2.26. The highest BCUT2D eigenvalue weighted by Crippen LogP contribution is 2.40. The van der Waals surface area contributed by atoms with Gasteiger partial charge in [0.05, 0.1) is 11.5 Å². The molecule has 116 valence electrons. The smallest absolute Gasteiger partial charge is 0.234 e. The zero-order valence-corrected chi connectivity index (χ0v) is 13.6. The topological polar surface area (TPSA) is 49.3 Å². The molecule has 0 saturated carbocycles. The molecule has 3 heteroatoms. The number of hydrogen-bond acceptors (Lipinski definition) is 2. The lowest BCUT2D eigenvalue weighted by Crippen LogP contribution is -2.27. The van der Waals surface area contributed by atoms with Gasteiger partial charge in [0.25, 0.3) is 0 Å². The van der Waals surface area contributed by atoms with E-state index in [2.05, 4.69) is 19.2 Å². The van der Waals surface area contributed by atoms with Gasteiger partial charge in [-0.3, -0.25) is 4.79 Å². The molecule has 0 spiro atoms. The van der Waals surface area contributed by atoms with Gasteiger partial charge in [0.15, 0.2) is 0 Å². The molecule has 1 heterocycles. The van der Waals surface area contributed by atoms with E-state index in [1.165, 1.54) is 0 Å². The maximum atomic E-state index is 12.0. The van der Waals surface area contributed by atoms with E-state index in [0.29, 0.717) is 0 Å². The number of amides is 1. The monoisotopic (exact) mass is 289 g/mol. The molecule has 2 unspecified atom stereocenters. The van der Waals surface area contributed by atoms with Crippen LogP contribution in [0.4, 0.5) is 5.69 Å². The predicted octanol–water partition coefficient (Wildman–Crippen LogP) is 4.17. The van der Waals surface area contributed by atoms with Crippen molar-refractivity contribution in [3.63, 3.8) is 0 Å². The Labute approximate surface area is 127 Å².